The van der Waals surface area contributed by atoms with Gasteiger partial charge in [-0.3, -0.25) is 4.90 Å². The molecule has 2 aliphatic rings. The molecule has 0 N–H and O–H groups in total. The van der Waals surface area contributed by atoms with Crippen LogP contribution < -0.4 is 0 Å². The number of hydrogen-bond acceptors (Lipinski definition) is 3. The molecule has 3 nitrogen and oxygen atoms in total. The normalized spacial score (nSPS) is 18.7. The molecule has 0 aromatic heterocycles. The van der Waals surface area contributed by atoms with E-state index in [1.807, 2.05) is 12.1 Å². The number of fused-ring (bicyclic) bond motifs is 2. The van der Waals surface area contributed by atoms with Gasteiger partial charge in [-0.2, -0.15) is 0 Å². The maximum absolute atomic E-state index is 11.9. The molecule has 21 heavy (non-hydrogen) atoms. The SMILES string of the molecule is O=S1(=O)C=Cc2c(CN3Cc4ccccc4C3)cccc21. The Bertz CT molecular complexity index is 828. The fourth-order valence-electron chi connectivity index (χ4n) is 3.15. The summed E-state index contributed by atoms with van der Waals surface area (Å²) in [4.78, 5) is 2.79. The van der Waals surface area contributed by atoms with Gasteiger partial charge in [-0.05, 0) is 34.4 Å². The predicted molar refractivity (Wildman–Crippen MR) is 82.1 cm³/mol. The number of benzene rings is 2. The summed E-state index contributed by atoms with van der Waals surface area (Å²) in [6, 6.07) is 14.0. The minimum absolute atomic E-state index is 0.441. The molecule has 0 unspecified atom stereocenters. The van der Waals surface area contributed by atoms with E-state index in [0.717, 1.165) is 30.8 Å². The van der Waals surface area contributed by atoms with Gasteiger partial charge in [-0.25, -0.2) is 8.42 Å². The summed E-state index contributed by atoms with van der Waals surface area (Å²) in [7, 11) is -3.21. The van der Waals surface area contributed by atoms with Crippen molar-refractivity contribution in [2.24, 2.45) is 0 Å². The standard InChI is InChI=1S/C17H15NO2S/c19-21(20)9-8-16-15(6-3-7-17(16)21)12-18-10-13-4-1-2-5-14(13)11-18/h1-9H,10-12H2. The van der Waals surface area contributed by atoms with Crippen LogP contribution in [0.15, 0.2) is 52.8 Å². The fraction of sp³-hybridized carbons (Fsp3) is 0.176. The molecule has 4 rings (SSSR count). The minimum Gasteiger partial charge on any atom is -0.291 e. The molecule has 2 heterocycles. The molecule has 0 aliphatic carbocycles. The molecule has 2 aromatic rings. The van der Waals surface area contributed by atoms with Crippen molar-refractivity contribution in [3.63, 3.8) is 0 Å². The molecule has 106 valence electrons. The predicted octanol–water partition coefficient (Wildman–Crippen LogP) is 2.96. The summed E-state index contributed by atoms with van der Waals surface area (Å²) in [6.45, 7) is 2.63. The molecule has 4 heteroatoms. The van der Waals surface area contributed by atoms with Gasteiger partial charge in [0.1, 0.15) is 0 Å². The second kappa shape index (κ2) is 4.55. The van der Waals surface area contributed by atoms with Crippen molar-refractivity contribution in [3.8, 4) is 0 Å². The number of sulfone groups is 1. The van der Waals surface area contributed by atoms with Crippen molar-refractivity contribution >= 4 is 15.9 Å². The Kier molecular flexibility index (Phi) is 2.77. The first kappa shape index (κ1) is 12.8. The Morgan fingerprint density at radius 2 is 1.67 bits per heavy atom. The van der Waals surface area contributed by atoms with Crippen LogP contribution in [-0.2, 0) is 29.5 Å². The summed E-state index contributed by atoms with van der Waals surface area (Å²) in [5.74, 6) is 0. The molecule has 0 saturated carbocycles. The molecule has 0 spiro atoms. The first-order valence-corrected chi connectivity index (χ1v) is 8.52. The Labute approximate surface area is 124 Å². The van der Waals surface area contributed by atoms with E-state index in [4.69, 9.17) is 0 Å². The highest BCUT2D eigenvalue weighted by Gasteiger charge is 2.24. The molecular weight excluding hydrogens is 282 g/mol. The van der Waals surface area contributed by atoms with Gasteiger partial charge >= 0.3 is 0 Å². The van der Waals surface area contributed by atoms with Crippen molar-refractivity contribution in [2.45, 2.75) is 24.5 Å². The average molecular weight is 297 g/mol. The summed E-state index contributed by atoms with van der Waals surface area (Å²) in [5, 5.41) is 1.31. The lowest BCUT2D eigenvalue weighted by Crippen LogP contribution is -2.16. The average Bonchev–Trinajstić information content (AvgIpc) is 3.00. The number of rotatable bonds is 2. The lowest BCUT2D eigenvalue weighted by molar-refractivity contribution is 0.275. The zero-order chi connectivity index (χ0) is 14.4. The second-order valence-electron chi connectivity index (χ2n) is 5.59. The zero-order valence-electron chi connectivity index (χ0n) is 11.5. The Balaban J connectivity index is 1.64. The van der Waals surface area contributed by atoms with Gasteiger partial charge in [-0.1, -0.05) is 36.4 Å². The first-order valence-electron chi connectivity index (χ1n) is 6.98. The largest absolute Gasteiger partial charge is 0.291 e. The van der Waals surface area contributed by atoms with Gasteiger partial charge in [0.2, 0.25) is 0 Å². The topological polar surface area (TPSA) is 37.4 Å². The van der Waals surface area contributed by atoms with Gasteiger partial charge in [0, 0.05) is 25.0 Å². The summed E-state index contributed by atoms with van der Waals surface area (Å²) >= 11 is 0. The third kappa shape index (κ3) is 2.11. The lowest BCUT2D eigenvalue weighted by atomic mass is 10.1. The van der Waals surface area contributed by atoms with Gasteiger partial charge in [-0.15, -0.1) is 0 Å². The maximum atomic E-state index is 11.9. The highest BCUT2D eigenvalue weighted by Crippen LogP contribution is 2.31. The molecule has 0 amide bonds. The summed E-state index contributed by atoms with van der Waals surface area (Å²) in [6.07, 6.45) is 1.73. The van der Waals surface area contributed by atoms with E-state index in [9.17, 15) is 8.42 Å². The first-order chi connectivity index (χ1) is 10.1. The van der Waals surface area contributed by atoms with Crippen LogP contribution in [0.5, 0.6) is 0 Å². The van der Waals surface area contributed by atoms with E-state index >= 15 is 0 Å². The van der Waals surface area contributed by atoms with Crippen molar-refractivity contribution in [1.29, 1.82) is 0 Å². The van der Waals surface area contributed by atoms with Crippen LogP contribution in [0.3, 0.4) is 0 Å². The van der Waals surface area contributed by atoms with Crippen LogP contribution in [0.4, 0.5) is 0 Å². The van der Waals surface area contributed by atoms with Crippen molar-refractivity contribution in [3.05, 3.63) is 70.1 Å². The van der Waals surface area contributed by atoms with Crippen LogP contribution in [0, 0.1) is 0 Å². The van der Waals surface area contributed by atoms with E-state index < -0.39 is 9.84 Å². The smallest absolute Gasteiger partial charge is 0.200 e. The van der Waals surface area contributed by atoms with Crippen molar-refractivity contribution in [2.75, 3.05) is 0 Å². The van der Waals surface area contributed by atoms with Crippen molar-refractivity contribution < 1.29 is 8.42 Å². The van der Waals surface area contributed by atoms with Crippen LogP contribution in [0.25, 0.3) is 6.08 Å². The lowest BCUT2D eigenvalue weighted by Gasteiger charge is -2.16. The van der Waals surface area contributed by atoms with Crippen LogP contribution in [-0.4, -0.2) is 13.3 Å². The van der Waals surface area contributed by atoms with E-state index in [2.05, 4.69) is 29.2 Å². The quantitative estimate of drug-likeness (QED) is 0.855. The van der Waals surface area contributed by atoms with Gasteiger partial charge < -0.3 is 0 Å². The zero-order valence-corrected chi connectivity index (χ0v) is 12.3. The van der Waals surface area contributed by atoms with E-state index in [-0.39, 0.29) is 0 Å². The maximum Gasteiger partial charge on any atom is 0.200 e. The monoisotopic (exact) mass is 297 g/mol. The molecule has 0 radical (unpaired) electrons. The van der Waals surface area contributed by atoms with E-state index in [1.54, 1.807) is 12.1 Å². The molecular formula is C17H15NO2S. The minimum atomic E-state index is -3.21. The Morgan fingerprint density at radius 1 is 0.952 bits per heavy atom. The third-order valence-electron chi connectivity index (χ3n) is 4.18. The second-order valence-corrected chi connectivity index (χ2v) is 7.39. The Hall–Kier alpha value is -1.91. The molecule has 2 aromatic carbocycles. The van der Waals surface area contributed by atoms with Gasteiger partial charge in [0.15, 0.2) is 9.84 Å². The van der Waals surface area contributed by atoms with E-state index in [1.165, 1.54) is 16.5 Å². The van der Waals surface area contributed by atoms with Gasteiger partial charge in [0.05, 0.1) is 4.90 Å². The van der Waals surface area contributed by atoms with Crippen LogP contribution >= 0.6 is 0 Å². The third-order valence-corrected chi connectivity index (χ3v) is 5.64. The fourth-order valence-corrected chi connectivity index (χ4v) is 4.39. The van der Waals surface area contributed by atoms with Gasteiger partial charge in [0.25, 0.3) is 0 Å². The molecule has 2 aliphatic heterocycles. The molecule has 0 atom stereocenters. The van der Waals surface area contributed by atoms with E-state index in [0.29, 0.717) is 4.90 Å². The Morgan fingerprint density at radius 3 is 2.38 bits per heavy atom. The summed E-state index contributed by atoms with van der Waals surface area (Å²) < 4.78 is 23.8. The molecule has 0 saturated heterocycles. The highest BCUT2D eigenvalue weighted by molar-refractivity contribution is 7.94. The molecule has 0 fully saturated rings. The molecule has 0 bridgehead atoms. The van der Waals surface area contributed by atoms with Crippen LogP contribution in [0.1, 0.15) is 22.3 Å². The number of hydrogen-bond donors (Lipinski definition) is 0. The summed E-state index contributed by atoms with van der Waals surface area (Å²) in [5.41, 5.74) is 4.67. The van der Waals surface area contributed by atoms with Crippen molar-refractivity contribution in [1.82, 2.24) is 4.90 Å². The highest BCUT2D eigenvalue weighted by atomic mass is 32.2. The number of nitrogens with zero attached hydrogens (tertiary/aromatic N) is 1. The van der Waals surface area contributed by atoms with Crippen LogP contribution in [0.2, 0.25) is 0 Å².